The SMILES string of the molecule is CCOC(=O)/C(N=Nc1cc(C(N)=O)c(Cl)cc1Cl)=C(/C)O. The molecule has 118 valence electrons. The Morgan fingerprint density at radius 2 is 1.95 bits per heavy atom. The molecule has 0 saturated heterocycles. The lowest BCUT2D eigenvalue weighted by Crippen LogP contribution is -2.11. The van der Waals surface area contributed by atoms with Crippen LogP contribution in [0.5, 0.6) is 0 Å². The lowest BCUT2D eigenvalue weighted by molar-refractivity contribution is -0.138. The zero-order valence-electron chi connectivity index (χ0n) is 11.8. The van der Waals surface area contributed by atoms with E-state index in [1.54, 1.807) is 6.92 Å². The molecular formula is C13H13Cl2N3O4. The lowest BCUT2D eigenvalue weighted by Gasteiger charge is -2.04. The Morgan fingerprint density at radius 1 is 1.32 bits per heavy atom. The summed E-state index contributed by atoms with van der Waals surface area (Å²) in [4.78, 5) is 22.8. The highest BCUT2D eigenvalue weighted by Crippen LogP contribution is 2.32. The molecule has 3 N–H and O–H groups in total. The molecular weight excluding hydrogens is 333 g/mol. The number of azo groups is 1. The van der Waals surface area contributed by atoms with Gasteiger partial charge < -0.3 is 15.6 Å². The van der Waals surface area contributed by atoms with Gasteiger partial charge in [0.2, 0.25) is 11.6 Å². The number of hydrogen-bond donors (Lipinski definition) is 2. The average Bonchev–Trinajstić information content (AvgIpc) is 2.40. The molecule has 0 aromatic heterocycles. The van der Waals surface area contributed by atoms with Crippen molar-refractivity contribution in [2.24, 2.45) is 16.0 Å². The Labute approximate surface area is 136 Å². The van der Waals surface area contributed by atoms with Gasteiger partial charge >= 0.3 is 5.97 Å². The number of carbonyl (C=O) groups is 2. The summed E-state index contributed by atoms with van der Waals surface area (Å²) < 4.78 is 4.73. The standard InChI is InChI=1S/C13H13Cl2N3O4/c1-3-22-13(21)11(6(2)19)18-17-10-4-7(12(16)20)8(14)5-9(10)15/h4-5,19H,3H2,1-2H3,(H2,16,20)/b11-6+,18-17?. The lowest BCUT2D eigenvalue weighted by atomic mass is 10.2. The smallest absolute Gasteiger partial charge is 0.362 e. The predicted molar refractivity (Wildman–Crippen MR) is 81.5 cm³/mol. The highest BCUT2D eigenvalue weighted by Gasteiger charge is 2.15. The van der Waals surface area contributed by atoms with Crippen molar-refractivity contribution in [3.8, 4) is 0 Å². The van der Waals surface area contributed by atoms with E-state index in [2.05, 4.69) is 10.2 Å². The molecule has 1 aromatic rings. The van der Waals surface area contributed by atoms with Gasteiger partial charge in [0.25, 0.3) is 0 Å². The van der Waals surface area contributed by atoms with Crippen LogP contribution in [0.2, 0.25) is 10.0 Å². The zero-order chi connectivity index (χ0) is 16.9. The second kappa shape index (κ2) is 7.77. The summed E-state index contributed by atoms with van der Waals surface area (Å²) >= 11 is 11.7. The maximum atomic E-state index is 11.6. The van der Waals surface area contributed by atoms with Gasteiger partial charge in [-0.2, -0.15) is 0 Å². The van der Waals surface area contributed by atoms with Crippen molar-refractivity contribution in [1.29, 1.82) is 0 Å². The van der Waals surface area contributed by atoms with Crippen LogP contribution < -0.4 is 5.73 Å². The number of aliphatic hydroxyl groups is 1. The van der Waals surface area contributed by atoms with Crippen LogP contribution in [0.25, 0.3) is 0 Å². The average molecular weight is 346 g/mol. The van der Waals surface area contributed by atoms with E-state index in [1.807, 2.05) is 0 Å². The molecule has 1 rings (SSSR count). The maximum absolute atomic E-state index is 11.6. The number of amides is 1. The van der Waals surface area contributed by atoms with Crippen LogP contribution in [0, 0.1) is 0 Å². The molecule has 9 heteroatoms. The normalized spacial score (nSPS) is 12.2. The quantitative estimate of drug-likeness (QED) is 0.367. The Hall–Kier alpha value is -2.12. The van der Waals surface area contributed by atoms with Crippen LogP contribution >= 0.6 is 23.2 Å². The number of halogens is 2. The van der Waals surface area contributed by atoms with Gasteiger partial charge in [-0.05, 0) is 26.0 Å². The number of nitrogens with zero attached hydrogens (tertiary/aromatic N) is 2. The minimum atomic E-state index is -0.841. The first kappa shape index (κ1) is 17.9. The highest BCUT2D eigenvalue weighted by molar-refractivity contribution is 6.38. The van der Waals surface area contributed by atoms with Gasteiger partial charge in [-0.1, -0.05) is 23.2 Å². The fourth-order valence-electron chi connectivity index (χ4n) is 1.37. The monoisotopic (exact) mass is 345 g/mol. The number of primary amides is 1. The fourth-order valence-corrected chi connectivity index (χ4v) is 1.88. The molecule has 1 amide bonds. The molecule has 0 atom stereocenters. The van der Waals surface area contributed by atoms with E-state index in [1.165, 1.54) is 19.1 Å². The molecule has 0 spiro atoms. The fraction of sp³-hybridized carbons (Fsp3) is 0.231. The third kappa shape index (κ3) is 4.44. The molecule has 0 saturated carbocycles. The van der Waals surface area contributed by atoms with Gasteiger partial charge in [0.1, 0.15) is 11.4 Å². The van der Waals surface area contributed by atoms with Crippen LogP contribution in [0.4, 0.5) is 5.69 Å². The van der Waals surface area contributed by atoms with Crippen molar-refractivity contribution < 1.29 is 19.4 Å². The second-order valence-electron chi connectivity index (χ2n) is 4.00. The largest absolute Gasteiger partial charge is 0.510 e. The number of hydrogen-bond acceptors (Lipinski definition) is 6. The number of allylic oxidation sites excluding steroid dienone is 1. The molecule has 0 radical (unpaired) electrons. The molecule has 0 aliphatic rings. The minimum Gasteiger partial charge on any atom is -0.510 e. The van der Waals surface area contributed by atoms with Crippen LogP contribution in [-0.4, -0.2) is 23.6 Å². The van der Waals surface area contributed by atoms with E-state index in [-0.39, 0.29) is 39.4 Å². The summed E-state index contributed by atoms with van der Waals surface area (Å²) in [6, 6.07) is 2.50. The number of aliphatic hydroxyl groups excluding tert-OH is 1. The third-order valence-electron chi connectivity index (χ3n) is 2.37. The Morgan fingerprint density at radius 3 is 2.45 bits per heavy atom. The number of nitrogens with two attached hydrogens (primary N) is 1. The van der Waals surface area contributed by atoms with E-state index in [4.69, 9.17) is 33.7 Å². The molecule has 0 aliphatic heterocycles. The second-order valence-corrected chi connectivity index (χ2v) is 4.82. The first-order valence-electron chi connectivity index (χ1n) is 6.05. The van der Waals surface area contributed by atoms with Crippen molar-refractivity contribution in [3.05, 3.63) is 39.2 Å². The molecule has 22 heavy (non-hydrogen) atoms. The Kier molecular flexibility index (Phi) is 6.33. The van der Waals surface area contributed by atoms with Gasteiger partial charge in [0.15, 0.2) is 0 Å². The van der Waals surface area contributed by atoms with E-state index >= 15 is 0 Å². The van der Waals surface area contributed by atoms with Crippen molar-refractivity contribution in [2.45, 2.75) is 13.8 Å². The zero-order valence-corrected chi connectivity index (χ0v) is 13.3. The van der Waals surface area contributed by atoms with Gasteiger partial charge in [-0.3, -0.25) is 4.79 Å². The number of rotatable bonds is 5. The minimum absolute atomic E-state index is 0.00222. The maximum Gasteiger partial charge on any atom is 0.362 e. The molecule has 0 bridgehead atoms. The molecule has 1 aromatic carbocycles. The van der Waals surface area contributed by atoms with E-state index in [0.29, 0.717) is 0 Å². The molecule has 0 heterocycles. The predicted octanol–water partition coefficient (Wildman–Crippen LogP) is 3.53. The molecule has 7 nitrogen and oxygen atoms in total. The van der Waals surface area contributed by atoms with Gasteiger partial charge in [-0.15, -0.1) is 10.2 Å². The summed E-state index contributed by atoms with van der Waals surface area (Å²) in [5.74, 6) is -1.98. The van der Waals surface area contributed by atoms with E-state index in [9.17, 15) is 14.7 Å². The van der Waals surface area contributed by atoms with Crippen LogP contribution in [0.1, 0.15) is 24.2 Å². The van der Waals surface area contributed by atoms with Crippen LogP contribution in [0.15, 0.2) is 33.8 Å². The van der Waals surface area contributed by atoms with Gasteiger partial charge in [0, 0.05) is 0 Å². The summed E-state index contributed by atoms with van der Waals surface area (Å²) in [6.07, 6.45) is 0. The number of benzene rings is 1. The van der Waals surface area contributed by atoms with Gasteiger partial charge in [0.05, 0.1) is 22.2 Å². The summed E-state index contributed by atoms with van der Waals surface area (Å²) in [7, 11) is 0. The van der Waals surface area contributed by atoms with Crippen LogP contribution in [0.3, 0.4) is 0 Å². The summed E-state index contributed by atoms with van der Waals surface area (Å²) in [5, 5.41) is 16.9. The number of esters is 1. The van der Waals surface area contributed by atoms with Gasteiger partial charge in [-0.25, -0.2) is 4.79 Å². The number of carbonyl (C=O) groups excluding carboxylic acids is 2. The van der Waals surface area contributed by atoms with E-state index in [0.717, 1.165) is 0 Å². The third-order valence-corrected chi connectivity index (χ3v) is 2.99. The van der Waals surface area contributed by atoms with Crippen molar-refractivity contribution >= 4 is 40.8 Å². The summed E-state index contributed by atoms with van der Waals surface area (Å²) in [5.41, 5.74) is 4.84. The highest BCUT2D eigenvalue weighted by atomic mass is 35.5. The molecule has 0 unspecified atom stereocenters. The Balaban J connectivity index is 3.22. The van der Waals surface area contributed by atoms with Crippen molar-refractivity contribution in [2.75, 3.05) is 6.61 Å². The summed E-state index contributed by atoms with van der Waals surface area (Å²) in [6.45, 7) is 2.97. The first-order valence-corrected chi connectivity index (χ1v) is 6.81. The Bertz CT molecular complexity index is 667. The van der Waals surface area contributed by atoms with Crippen LogP contribution in [-0.2, 0) is 9.53 Å². The molecule has 0 fully saturated rings. The topological polar surface area (TPSA) is 114 Å². The van der Waals surface area contributed by atoms with E-state index < -0.39 is 11.9 Å². The first-order chi connectivity index (χ1) is 10.3. The van der Waals surface area contributed by atoms with Crippen molar-refractivity contribution in [3.63, 3.8) is 0 Å². The molecule has 0 aliphatic carbocycles. The van der Waals surface area contributed by atoms with Crippen molar-refractivity contribution in [1.82, 2.24) is 0 Å². The number of ether oxygens (including phenoxy) is 1.